The van der Waals surface area contributed by atoms with Crippen LogP contribution in [0.1, 0.15) is 51.2 Å². The molecule has 0 spiro atoms. The maximum absolute atomic E-state index is 13.3. The molecule has 1 unspecified atom stereocenters. The van der Waals surface area contributed by atoms with E-state index in [0.29, 0.717) is 37.6 Å². The second-order valence-corrected chi connectivity index (χ2v) is 8.60. The van der Waals surface area contributed by atoms with Gasteiger partial charge in [-0.3, -0.25) is 9.59 Å². The molecule has 2 aromatic rings. The highest BCUT2D eigenvalue weighted by atomic mass is 35.5. The van der Waals surface area contributed by atoms with Gasteiger partial charge in [-0.25, -0.2) is 0 Å². The first kappa shape index (κ1) is 25.9. The van der Waals surface area contributed by atoms with E-state index in [-0.39, 0.29) is 17.9 Å². The van der Waals surface area contributed by atoms with Crippen molar-refractivity contribution in [2.24, 2.45) is 0 Å². The molecular formula is C26H35ClN2O3. The number of halogens is 1. The zero-order valence-corrected chi connectivity index (χ0v) is 20.1. The monoisotopic (exact) mass is 458 g/mol. The molecule has 0 fully saturated rings. The first-order valence-electron chi connectivity index (χ1n) is 11.4. The fraction of sp³-hybridized carbons (Fsp3) is 0.462. The third-order valence-corrected chi connectivity index (χ3v) is 5.32. The summed E-state index contributed by atoms with van der Waals surface area (Å²) in [5, 5.41) is 3.66. The van der Waals surface area contributed by atoms with Crippen LogP contribution < -0.4 is 5.32 Å². The lowest BCUT2D eigenvalue weighted by Crippen LogP contribution is -2.50. The Kier molecular flexibility index (Phi) is 11.3. The number of hydrogen-bond acceptors (Lipinski definition) is 3. The van der Waals surface area contributed by atoms with E-state index in [1.165, 1.54) is 0 Å². The van der Waals surface area contributed by atoms with Gasteiger partial charge in [-0.2, -0.15) is 0 Å². The summed E-state index contributed by atoms with van der Waals surface area (Å²) < 4.78 is 5.56. The summed E-state index contributed by atoms with van der Waals surface area (Å²) in [6.07, 6.45) is 2.47. The lowest BCUT2D eigenvalue weighted by Gasteiger charge is -2.31. The lowest BCUT2D eigenvalue weighted by molar-refractivity contribution is -0.141. The van der Waals surface area contributed by atoms with Gasteiger partial charge in [-0.05, 0) is 49.9 Å². The highest BCUT2D eigenvalue weighted by Gasteiger charge is 2.29. The van der Waals surface area contributed by atoms with Crippen LogP contribution >= 0.6 is 11.6 Å². The number of amides is 2. The van der Waals surface area contributed by atoms with Gasteiger partial charge in [0.1, 0.15) is 6.04 Å². The molecule has 0 saturated carbocycles. The van der Waals surface area contributed by atoms with Crippen molar-refractivity contribution >= 4 is 23.4 Å². The van der Waals surface area contributed by atoms with Crippen LogP contribution in [0.25, 0.3) is 0 Å². The Balaban J connectivity index is 2.21. The molecule has 32 heavy (non-hydrogen) atoms. The van der Waals surface area contributed by atoms with E-state index in [0.717, 1.165) is 24.0 Å². The first-order valence-corrected chi connectivity index (χ1v) is 11.8. The normalized spacial score (nSPS) is 11.9. The number of nitrogens with zero attached hydrogens (tertiary/aromatic N) is 1. The molecule has 0 heterocycles. The average molecular weight is 459 g/mol. The molecule has 0 aliphatic rings. The van der Waals surface area contributed by atoms with E-state index in [1.807, 2.05) is 63.2 Å². The molecule has 0 bridgehead atoms. The molecule has 1 N–H and O–H groups in total. The fourth-order valence-electron chi connectivity index (χ4n) is 3.42. The summed E-state index contributed by atoms with van der Waals surface area (Å²) in [6.45, 7) is 7.40. The van der Waals surface area contributed by atoms with E-state index in [2.05, 4.69) is 5.32 Å². The zero-order valence-electron chi connectivity index (χ0n) is 19.4. The highest BCUT2D eigenvalue weighted by Crippen LogP contribution is 2.18. The van der Waals surface area contributed by atoms with Gasteiger partial charge in [0.05, 0.1) is 6.10 Å². The Labute approximate surface area is 197 Å². The molecule has 2 rings (SSSR count). The molecule has 0 aromatic heterocycles. The number of ether oxygens (including phenoxy) is 1. The Hall–Kier alpha value is -2.37. The van der Waals surface area contributed by atoms with Crippen LogP contribution in [0.4, 0.5) is 0 Å². The van der Waals surface area contributed by atoms with Crippen molar-refractivity contribution < 1.29 is 14.3 Å². The smallest absolute Gasteiger partial charge is 0.243 e. The molecule has 0 radical (unpaired) electrons. The van der Waals surface area contributed by atoms with E-state index < -0.39 is 6.04 Å². The summed E-state index contributed by atoms with van der Waals surface area (Å²) >= 11 is 6.03. The van der Waals surface area contributed by atoms with Gasteiger partial charge in [0, 0.05) is 37.6 Å². The molecule has 0 aliphatic carbocycles. The maximum atomic E-state index is 13.3. The average Bonchev–Trinajstić information content (AvgIpc) is 2.77. The first-order chi connectivity index (χ1) is 15.4. The predicted molar refractivity (Wildman–Crippen MR) is 130 cm³/mol. The largest absolute Gasteiger partial charge is 0.379 e. The predicted octanol–water partition coefficient (Wildman–Crippen LogP) is 5.01. The molecule has 2 aromatic carbocycles. The van der Waals surface area contributed by atoms with Gasteiger partial charge in [0.15, 0.2) is 0 Å². The van der Waals surface area contributed by atoms with Crippen LogP contribution in [-0.4, -0.2) is 42.0 Å². The summed E-state index contributed by atoms with van der Waals surface area (Å²) in [4.78, 5) is 28.1. The van der Waals surface area contributed by atoms with Crippen LogP contribution in [0, 0.1) is 0 Å². The van der Waals surface area contributed by atoms with Crippen molar-refractivity contribution in [2.45, 2.75) is 65.1 Å². The van der Waals surface area contributed by atoms with Gasteiger partial charge in [0.25, 0.3) is 0 Å². The van der Waals surface area contributed by atoms with Gasteiger partial charge in [-0.15, -0.1) is 0 Å². The quantitative estimate of drug-likeness (QED) is 0.429. The van der Waals surface area contributed by atoms with E-state index >= 15 is 0 Å². The number of hydrogen-bond donors (Lipinski definition) is 1. The van der Waals surface area contributed by atoms with Crippen molar-refractivity contribution in [3.8, 4) is 0 Å². The van der Waals surface area contributed by atoms with Crippen molar-refractivity contribution in [1.29, 1.82) is 0 Å². The summed E-state index contributed by atoms with van der Waals surface area (Å²) in [6, 6.07) is 16.6. The van der Waals surface area contributed by atoms with Gasteiger partial charge in [-0.1, -0.05) is 61.0 Å². The number of rotatable bonds is 13. The minimum Gasteiger partial charge on any atom is -0.379 e. The molecule has 0 aliphatic heterocycles. The standard InChI is InChI=1S/C26H35ClN2O3/c1-4-9-25(30)29(19-22-12-14-23(27)15-13-22)24(18-21-10-6-5-7-11-21)26(31)28-16-8-17-32-20(2)3/h5-7,10-15,20,24H,4,8-9,16-19H2,1-3H3,(H,28,31). The summed E-state index contributed by atoms with van der Waals surface area (Å²) in [7, 11) is 0. The van der Waals surface area contributed by atoms with Crippen molar-refractivity contribution in [2.75, 3.05) is 13.2 Å². The fourth-order valence-corrected chi connectivity index (χ4v) is 3.54. The van der Waals surface area contributed by atoms with Crippen LogP contribution in [0.2, 0.25) is 5.02 Å². The maximum Gasteiger partial charge on any atom is 0.243 e. The zero-order chi connectivity index (χ0) is 23.3. The SMILES string of the molecule is CCCC(=O)N(Cc1ccc(Cl)cc1)C(Cc1ccccc1)C(=O)NCCCOC(C)C. The van der Waals surface area contributed by atoms with Gasteiger partial charge < -0.3 is 15.0 Å². The van der Waals surface area contributed by atoms with Crippen LogP contribution in [0.3, 0.4) is 0 Å². The number of carbonyl (C=O) groups excluding carboxylic acids is 2. The molecule has 174 valence electrons. The Morgan fingerprint density at radius 3 is 2.34 bits per heavy atom. The van der Waals surface area contributed by atoms with E-state index in [9.17, 15) is 9.59 Å². The second-order valence-electron chi connectivity index (χ2n) is 8.17. The minimum absolute atomic E-state index is 0.0262. The number of nitrogens with one attached hydrogen (secondary N) is 1. The second kappa shape index (κ2) is 13.9. The van der Waals surface area contributed by atoms with Crippen molar-refractivity contribution in [3.63, 3.8) is 0 Å². The molecule has 6 heteroatoms. The van der Waals surface area contributed by atoms with Gasteiger partial charge in [0.2, 0.25) is 11.8 Å². The van der Waals surface area contributed by atoms with Crippen molar-refractivity contribution in [1.82, 2.24) is 10.2 Å². The Morgan fingerprint density at radius 2 is 1.72 bits per heavy atom. The van der Waals surface area contributed by atoms with Crippen LogP contribution in [0.5, 0.6) is 0 Å². The Bertz CT molecular complexity index is 825. The topological polar surface area (TPSA) is 58.6 Å². The molecular weight excluding hydrogens is 424 g/mol. The summed E-state index contributed by atoms with van der Waals surface area (Å²) in [5.41, 5.74) is 1.95. The van der Waals surface area contributed by atoms with Crippen LogP contribution in [0.15, 0.2) is 54.6 Å². The third kappa shape index (κ3) is 9.01. The van der Waals surface area contributed by atoms with Gasteiger partial charge >= 0.3 is 0 Å². The lowest BCUT2D eigenvalue weighted by atomic mass is 10.0. The highest BCUT2D eigenvalue weighted by molar-refractivity contribution is 6.30. The van der Waals surface area contributed by atoms with Crippen molar-refractivity contribution in [3.05, 3.63) is 70.7 Å². The third-order valence-electron chi connectivity index (χ3n) is 5.07. The number of benzene rings is 2. The molecule has 0 saturated heterocycles. The minimum atomic E-state index is -0.599. The van der Waals surface area contributed by atoms with E-state index in [1.54, 1.807) is 17.0 Å². The molecule has 1 atom stereocenters. The van der Waals surface area contributed by atoms with E-state index in [4.69, 9.17) is 16.3 Å². The molecule has 5 nitrogen and oxygen atoms in total. The number of carbonyl (C=O) groups is 2. The summed E-state index contributed by atoms with van der Waals surface area (Å²) in [5.74, 6) is -0.168. The van der Waals surface area contributed by atoms with Crippen LogP contribution in [-0.2, 0) is 27.3 Å². The Morgan fingerprint density at radius 1 is 1.03 bits per heavy atom. The molecule has 2 amide bonds.